The lowest BCUT2D eigenvalue weighted by molar-refractivity contribution is -0.118. The lowest BCUT2D eigenvalue weighted by Gasteiger charge is -2.44. The molecule has 0 saturated heterocycles. The fourth-order valence-corrected chi connectivity index (χ4v) is 4.55. The third-order valence-corrected chi connectivity index (χ3v) is 5.07. The Balaban J connectivity index is 2.03. The van der Waals surface area contributed by atoms with Crippen LogP contribution in [0.1, 0.15) is 57.8 Å². The van der Waals surface area contributed by atoms with Crippen molar-refractivity contribution in [2.24, 2.45) is 10.8 Å². The van der Waals surface area contributed by atoms with E-state index in [1.165, 1.54) is 44.9 Å². The topological polar surface area (TPSA) is 17.1 Å². The summed E-state index contributed by atoms with van der Waals surface area (Å²) < 4.78 is 0. The van der Waals surface area contributed by atoms with Crippen LogP contribution in [-0.2, 0) is 4.79 Å². The van der Waals surface area contributed by atoms with E-state index in [4.69, 9.17) is 0 Å². The number of Topliss-reactive ketones (excluding diaryl/α,β-unsaturated/α-hetero) is 1. The van der Waals surface area contributed by atoms with Crippen LogP contribution < -0.4 is 0 Å². The molecular formula is C12H18O. The van der Waals surface area contributed by atoms with Crippen molar-refractivity contribution in [3.63, 3.8) is 0 Å². The first-order valence-electron chi connectivity index (χ1n) is 5.78. The van der Waals surface area contributed by atoms with Gasteiger partial charge in [0.25, 0.3) is 0 Å². The summed E-state index contributed by atoms with van der Waals surface area (Å²) in [5.41, 5.74) is 1.00. The van der Waals surface area contributed by atoms with Gasteiger partial charge in [0, 0.05) is 12.8 Å². The van der Waals surface area contributed by atoms with Crippen molar-refractivity contribution in [1.29, 1.82) is 0 Å². The molecule has 0 aliphatic heterocycles. The maximum absolute atomic E-state index is 11.6. The molecule has 0 aromatic carbocycles. The van der Waals surface area contributed by atoms with E-state index in [9.17, 15) is 4.79 Å². The van der Waals surface area contributed by atoms with E-state index in [0.29, 0.717) is 16.6 Å². The summed E-state index contributed by atoms with van der Waals surface area (Å²) >= 11 is 0. The standard InChI is InChI=1S/C12H18O/c13-10-8-11-4-1-2-5-12(11,9-10)7-3-6-11/h1-9H2. The first-order chi connectivity index (χ1) is 6.27. The average molecular weight is 178 g/mol. The van der Waals surface area contributed by atoms with E-state index in [1.54, 1.807) is 0 Å². The van der Waals surface area contributed by atoms with E-state index >= 15 is 0 Å². The molecule has 1 nitrogen and oxygen atoms in total. The quantitative estimate of drug-likeness (QED) is 0.557. The van der Waals surface area contributed by atoms with Crippen molar-refractivity contribution in [3.8, 4) is 0 Å². The van der Waals surface area contributed by atoms with E-state index < -0.39 is 0 Å². The minimum Gasteiger partial charge on any atom is -0.300 e. The Kier molecular flexibility index (Phi) is 1.46. The summed E-state index contributed by atoms with van der Waals surface area (Å²) in [4.78, 5) is 11.6. The Morgan fingerprint density at radius 2 is 1.23 bits per heavy atom. The summed E-state index contributed by atoms with van der Waals surface area (Å²) in [7, 11) is 0. The maximum Gasteiger partial charge on any atom is 0.134 e. The minimum absolute atomic E-state index is 0.502. The van der Waals surface area contributed by atoms with Crippen molar-refractivity contribution in [3.05, 3.63) is 0 Å². The molecule has 3 rings (SSSR count). The predicted molar refractivity (Wildman–Crippen MR) is 51.4 cm³/mol. The zero-order chi connectivity index (χ0) is 8.94. The molecule has 2 unspecified atom stereocenters. The Bertz CT molecular complexity index is 234. The minimum atomic E-state index is 0.502. The van der Waals surface area contributed by atoms with Crippen molar-refractivity contribution in [2.75, 3.05) is 0 Å². The van der Waals surface area contributed by atoms with E-state index in [1.807, 2.05) is 0 Å². The fourth-order valence-electron chi connectivity index (χ4n) is 4.55. The normalized spacial score (nSPS) is 49.1. The van der Waals surface area contributed by atoms with Gasteiger partial charge in [-0.05, 0) is 36.5 Å². The zero-order valence-corrected chi connectivity index (χ0v) is 8.27. The molecule has 13 heavy (non-hydrogen) atoms. The molecule has 72 valence electrons. The summed E-state index contributed by atoms with van der Waals surface area (Å²) in [6.07, 6.45) is 11.5. The Morgan fingerprint density at radius 3 is 1.77 bits per heavy atom. The fraction of sp³-hybridized carbons (Fsp3) is 0.917. The molecule has 3 saturated carbocycles. The van der Waals surface area contributed by atoms with Gasteiger partial charge in [-0.2, -0.15) is 0 Å². The number of rotatable bonds is 0. The van der Waals surface area contributed by atoms with Crippen molar-refractivity contribution < 1.29 is 4.79 Å². The van der Waals surface area contributed by atoms with Gasteiger partial charge in [0.1, 0.15) is 5.78 Å². The molecule has 0 aromatic heterocycles. The highest BCUT2D eigenvalue weighted by atomic mass is 16.1. The van der Waals surface area contributed by atoms with Gasteiger partial charge < -0.3 is 0 Å². The van der Waals surface area contributed by atoms with Crippen LogP contribution in [0.25, 0.3) is 0 Å². The third kappa shape index (κ3) is 0.858. The van der Waals surface area contributed by atoms with Crippen LogP contribution in [-0.4, -0.2) is 5.78 Å². The van der Waals surface area contributed by atoms with Crippen LogP contribution in [0.15, 0.2) is 0 Å². The molecular weight excluding hydrogens is 160 g/mol. The molecule has 0 aromatic rings. The molecule has 3 aliphatic carbocycles. The second kappa shape index (κ2) is 2.37. The van der Waals surface area contributed by atoms with Crippen LogP contribution in [0.4, 0.5) is 0 Å². The third-order valence-electron chi connectivity index (χ3n) is 5.07. The SMILES string of the molecule is O=C1CC23CCCCC2(CCC3)C1. The van der Waals surface area contributed by atoms with Crippen LogP contribution in [0, 0.1) is 10.8 Å². The summed E-state index contributed by atoms with van der Waals surface area (Å²) in [6.45, 7) is 0. The van der Waals surface area contributed by atoms with Gasteiger partial charge in [-0.25, -0.2) is 0 Å². The summed E-state index contributed by atoms with van der Waals surface area (Å²) in [6, 6.07) is 0. The molecule has 0 N–H and O–H groups in total. The second-order valence-corrected chi connectivity index (χ2v) is 5.51. The first kappa shape index (κ1) is 8.02. The van der Waals surface area contributed by atoms with Gasteiger partial charge in [0.05, 0.1) is 0 Å². The summed E-state index contributed by atoms with van der Waals surface area (Å²) in [5.74, 6) is 0.571. The van der Waals surface area contributed by atoms with Gasteiger partial charge in [-0.1, -0.05) is 19.3 Å². The Hall–Kier alpha value is -0.330. The molecule has 3 fully saturated rings. The average Bonchev–Trinajstić information content (AvgIpc) is 2.54. The lowest BCUT2D eigenvalue weighted by Crippen LogP contribution is -2.35. The van der Waals surface area contributed by atoms with Gasteiger partial charge >= 0.3 is 0 Å². The highest BCUT2D eigenvalue weighted by molar-refractivity contribution is 5.83. The number of ketones is 1. The smallest absolute Gasteiger partial charge is 0.134 e. The Morgan fingerprint density at radius 1 is 0.769 bits per heavy atom. The molecule has 0 heterocycles. The van der Waals surface area contributed by atoms with Gasteiger partial charge in [-0.3, -0.25) is 4.79 Å². The molecule has 0 bridgehead atoms. The molecule has 2 atom stereocenters. The van der Waals surface area contributed by atoms with Crippen molar-refractivity contribution in [1.82, 2.24) is 0 Å². The van der Waals surface area contributed by atoms with Gasteiger partial charge in [0.15, 0.2) is 0 Å². The molecule has 0 amide bonds. The van der Waals surface area contributed by atoms with Crippen molar-refractivity contribution >= 4 is 5.78 Å². The number of carbonyl (C=O) groups excluding carboxylic acids is 1. The Labute approximate surface area is 79.9 Å². The lowest BCUT2D eigenvalue weighted by atomic mass is 9.60. The van der Waals surface area contributed by atoms with Crippen LogP contribution >= 0.6 is 0 Å². The van der Waals surface area contributed by atoms with E-state index in [0.717, 1.165) is 12.8 Å². The number of carbonyl (C=O) groups is 1. The zero-order valence-electron chi connectivity index (χ0n) is 8.27. The van der Waals surface area contributed by atoms with Crippen LogP contribution in [0.5, 0.6) is 0 Å². The highest BCUT2D eigenvalue weighted by Crippen LogP contribution is 2.68. The molecule has 3 aliphatic rings. The predicted octanol–water partition coefficient (Wildman–Crippen LogP) is 3.08. The van der Waals surface area contributed by atoms with Crippen LogP contribution in [0.2, 0.25) is 0 Å². The largest absolute Gasteiger partial charge is 0.300 e. The number of hydrogen-bond donors (Lipinski definition) is 0. The molecule has 0 radical (unpaired) electrons. The molecule has 1 heteroatoms. The highest BCUT2D eigenvalue weighted by Gasteiger charge is 2.60. The van der Waals surface area contributed by atoms with Crippen LogP contribution in [0.3, 0.4) is 0 Å². The number of hydrogen-bond acceptors (Lipinski definition) is 1. The summed E-state index contributed by atoms with van der Waals surface area (Å²) in [5, 5.41) is 0. The van der Waals surface area contributed by atoms with Gasteiger partial charge in [-0.15, -0.1) is 0 Å². The van der Waals surface area contributed by atoms with Crippen molar-refractivity contribution in [2.45, 2.75) is 57.8 Å². The first-order valence-corrected chi connectivity index (χ1v) is 5.78. The van der Waals surface area contributed by atoms with Gasteiger partial charge in [0.2, 0.25) is 0 Å². The maximum atomic E-state index is 11.6. The van der Waals surface area contributed by atoms with E-state index in [-0.39, 0.29) is 0 Å². The second-order valence-electron chi connectivity index (χ2n) is 5.51. The monoisotopic (exact) mass is 178 g/mol. The van der Waals surface area contributed by atoms with E-state index in [2.05, 4.69) is 0 Å². The molecule has 0 spiro atoms.